The highest BCUT2D eigenvalue weighted by Crippen LogP contribution is 2.21. The van der Waals surface area contributed by atoms with E-state index in [0.29, 0.717) is 18.2 Å². The van der Waals surface area contributed by atoms with Crippen molar-refractivity contribution in [1.82, 2.24) is 10.3 Å². The standard InChI is InChI=1S/C16H22N2O2/c1-10(2)12-5-6-13-8-15(18-14(13)7-12)16(19)17-11(3)9-20-4/h5-8,10-11,18H,9H2,1-4H3,(H,17,19)/t11-/m1/s1. The van der Waals surface area contributed by atoms with Crippen LogP contribution in [0.15, 0.2) is 24.3 Å². The van der Waals surface area contributed by atoms with Gasteiger partial charge in [0, 0.05) is 24.1 Å². The summed E-state index contributed by atoms with van der Waals surface area (Å²) in [5.74, 6) is 0.374. The van der Waals surface area contributed by atoms with Gasteiger partial charge in [-0.05, 0) is 30.5 Å². The van der Waals surface area contributed by atoms with E-state index in [1.165, 1.54) is 5.56 Å². The lowest BCUT2D eigenvalue weighted by Crippen LogP contribution is -2.35. The van der Waals surface area contributed by atoms with Crippen LogP contribution in [0.3, 0.4) is 0 Å². The Kier molecular flexibility index (Phi) is 4.45. The van der Waals surface area contributed by atoms with Crippen LogP contribution < -0.4 is 5.32 Å². The van der Waals surface area contributed by atoms with Gasteiger partial charge in [-0.3, -0.25) is 4.79 Å². The van der Waals surface area contributed by atoms with E-state index in [4.69, 9.17) is 4.74 Å². The smallest absolute Gasteiger partial charge is 0.268 e. The topological polar surface area (TPSA) is 54.1 Å². The summed E-state index contributed by atoms with van der Waals surface area (Å²) in [4.78, 5) is 15.3. The number of hydrogen-bond donors (Lipinski definition) is 2. The second-order valence-corrected chi connectivity index (χ2v) is 5.51. The number of aromatic nitrogens is 1. The number of hydrogen-bond acceptors (Lipinski definition) is 2. The lowest BCUT2D eigenvalue weighted by Gasteiger charge is -2.11. The largest absolute Gasteiger partial charge is 0.383 e. The minimum Gasteiger partial charge on any atom is -0.383 e. The first-order valence-electron chi connectivity index (χ1n) is 6.93. The van der Waals surface area contributed by atoms with Crippen molar-refractivity contribution in [1.29, 1.82) is 0 Å². The number of methoxy groups -OCH3 is 1. The summed E-state index contributed by atoms with van der Waals surface area (Å²) >= 11 is 0. The monoisotopic (exact) mass is 274 g/mol. The minimum atomic E-state index is -0.100. The molecule has 2 N–H and O–H groups in total. The van der Waals surface area contributed by atoms with Gasteiger partial charge in [0.1, 0.15) is 5.69 Å². The molecule has 1 aromatic carbocycles. The molecule has 0 aliphatic heterocycles. The van der Waals surface area contributed by atoms with E-state index in [9.17, 15) is 4.79 Å². The molecule has 0 aliphatic carbocycles. The first-order valence-corrected chi connectivity index (χ1v) is 6.93. The average molecular weight is 274 g/mol. The molecule has 1 aromatic heterocycles. The third-order valence-electron chi connectivity index (χ3n) is 3.35. The summed E-state index contributed by atoms with van der Waals surface area (Å²) in [6, 6.07) is 8.14. The van der Waals surface area contributed by atoms with Gasteiger partial charge in [0.2, 0.25) is 0 Å². The highest BCUT2D eigenvalue weighted by atomic mass is 16.5. The van der Waals surface area contributed by atoms with Crippen molar-refractivity contribution < 1.29 is 9.53 Å². The molecule has 2 rings (SSSR count). The Morgan fingerprint density at radius 2 is 2.05 bits per heavy atom. The molecule has 0 radical (unpaired) electrons. The lowest BCUT2D eigenvalue weighted by atomic mass is 10.0. The zero-order valence-electron chi connectivity index (χ0n) is 12.5. The normalized spacial score (nSPS) is 12.8. The maximum absolute atomic E-state index is 12.1. The van der Waals surface area contributed by atoms with E-state index in [-0.39, 0.29) is 11.9 Å². The molecule has 1 heterocycles. The van der Waals surface area contributed by atoms with Crippen LogP contribution in [0.25, 0.3) is 10.9 Å². The number of rotatable bonds is 5. The predicted octanol–water partition coefficient (Wildman–Crippen LogP) is 3.06. The molecule has 0 fully saturated rings. The number of benzene rings is 1. The Bertz CT molecular complexity index is 602. The number of carbonyl (C=O) groups is 1. The molecule has 0 spiro atoms. The Balaban J connectivity index is 2.21. The van der Waals surface area contributed by atoms with Gasteiger partial charge in [0.05, 0.1) is 6.61 Å². The van der Waals surface area contributed by atoms with Crippen molar-refractivity contribution in [2.24, 2.45) is 0 Å². The third-order valence-corrected chi connectivity index (χ3v) is 3.35. The number of amides is 1. The molecule has 0 aliphatic rings. The van der Waals surface area contributed by atoms with Gasteiger partial charge in [-0.2, -0.15) is 0 Å². The zero-order chi connectivity index (χ0) is 14.7. The van der Waals surface area contributed by atoms with E-state index in [0.717, 1.165) is 10.9 Å². The molecular formula is C16H22N2O2. The molecule has 0 saturated carbocycles. The van der Waals surface area contributed by atoms with E-state index < -0.39 is 0 Å². The van der Waals surface area contributed by atoms with Gasteiger partial charge in [0.25, 0.3) is 5.91 Å². The summed E-state index contributed by atoms with van der Waals surface area (Å²) in [6.45, 7) is 6.73. The molecule has 2 aromatic rings. The van der Waals surface area contributed by atoms with Crippen LogP contribution in [-0.2, 0) is 4.74 Å². The summed E-state index contributed by atoms with van der Waals surface area (Å²) in [5.41, 5.74) is 2.85. The maximum atomic E-state index is 12.1. The Morgan fingerprint density at radius 1 is 1.30 bits per heavy atom. The summed E-state index contributed by atoms with van der Waals surface area (Å²) in [6.07, 6.45) is 0. The minimum absolute atomic E-state index is 0.00913. The second-order valence-electron chi connectivity index (χ2n) is 5.51. The molecule has 1 amide bonds. The van der Waals surface area contributed by atoms with Crippen LogP contribution >= 0.6 is 0 Å². The average Bonchev–Trinajstić information content (AvgIpc) is 2.81. The van der Waals surface area contributed by atoms with Gasteiger partial charge in [0.15, 0.2) is 0 Å². The number of ether oxygens (including phenoxy) is 1. The Labute approximate surface area is 119 Å². The first-order chi connectivity index (χ1) is 9.51. The summed E-state index contributed by atoms with van der Waals surface area (Å²) in [5, 5.41) is 3.95. The number of fused-ring (bicyclic) bond motifs is 1. The first kappa shape index (κ1) is 14.6. The molecule has 20 heavy (non-hydrogen) atoms. The molecule has 108 valence electrons. The number of H-pyrrole nitrogens is 1. The fourth-order valence-corrected chi connectivity index (χ4v) is 2.22. The van der Waals surface area contributed by atoms with E-state index in [1.54, 1.807) is 7.11 Å². The highest BCUT2D eigenvalue weighted by molar-refractivity contribution is 5.98. The van der Waals surface area contributed by atoms with Gasteiger partial charge in [-0.15, -0.1) is 0 Å². The van der Waals surface area contributed by atoms with E-state index in [1.807, 2.05) is 13.0 Å². The van der Waals surface area contributed by atoms with Crippen molar-refractivity contribution in [3.05, 3.63) is 35.5 Å². The Hall–Kier alpha value is -1.81. The van der Waals surface area contributed by atoms with Crippen molar-refractivity contribution >= 4 is 16.8 Å². The summed E-state index contributed by atoms with van der Waals surface area (Å²) < 4.78 is 5.02. The van der Waals surface area contributed by atoms with Crippen LogP contribution in [0, 0.1) is 0 Å². The van der Waals surface area contributed by atoms with Crippen LogP contribution in [0.2, 0.25) is 0 Å². The third kappa shape index (κ3) is 3.20. The molecule has 0 unspecified atom stereocenters. The van der Waals surface area contributed by atoms with Crippen molar-refractivity contribution in [3.63, 3.8) is 0 Å². The maximum Gasteiger partial charge on any atom is 0.268 e. The second kappa shape index (κ2) is 6.09. The number of aromatic amines is 1. The van der Waals surface area contributed by atoms with Gasteiger partial charge < -0.3 is 15.0 Å². The van der Waals surface area contributed by atoms with Crippen LogP contribution in [0.4, 0.5) is 0 Å². The van der Waals surface area contributed by atoms with Gasteiger partial charge in [-0.1, -0.05) is 26.0 Å². The summed E-state index contributed by atoms with van der Waals surface area (Å²) in [7, 11) is 1.62. The Morgan fingerprint density at radius 3 is 2.70 bits per heavy atom. The zero-order valence-corrected chi connectivity index (χ0v) is 12.5. The van der Waals surface area contributed by atoms with Crippen molar-refractivity contribution in [3.8, 4) is 0 Å². The van der Waals surface area contributed by atoms with Gasteiger partial charge in [-0.25, -0.2) is 0 Å². The van der Waals surface area contributed by atoms with Crippen molar-refractivity contribution in [2.75, 3.05) is 13.7 Å². The quantitative estimate of drug-likeness (QED) is 0.880. The highest BCUT2D eigenvalue weighted by Gasteiger charge is 2.12. The lowest BCUT2D eigenvalue weighted by molar-refractivity contribution is 0.0901. The van der Waals surface area contributed by atoms with E-state index in [2.05, 4.69) is 42.3 Å². The van der Waals surface area contributed by atoms with Crippen LogP contribution in [0.1, 0.15) is 42.7 Å². The van der Waals surface area contributed by atoms with Crippen molar-refractivity contribution in [2.45, 2.75) is 32.7 Å². The van der Waals surface area contributed by atoms with E-state index >= 15 is 0 Å². The van der Waals surface area contributed by atoms with Crippen LogP contribution in [-0.4, -0.2) is 30.6 Å². The fourth-order valence-electron chi connectivity index (χ4n) is 2.22. The molecule has 0 saturated heterocycles. The SMILES string of the molecule is COC[C@@H](C)NC(=O)c1cc2ccc(C(C)C)cc2[nH]1. The van der Waals surface area contributed by atoms with Crippen LogP contribution in [0.5, 0.6) is 0 Å². The fraction of sp³-hybridized carbons (Fsp3) is 0.438. The molecular weight excluding hydrogens is 252 g/mol. The predicted molar refractivity (Wildman–Crippen MR) is 81.2 cm³/mol. The molecule has 0 bridgehead atoms. The molecule has 4 heteroatoms. The number of carbonyl (C=O) groups excluding carboxylic acids is 1. The number of nitrogens with one attached hydrogen (secondary N) is 2. The molecule has 1 atom stereocenters. The molecule has 4 nitrogen and oxygen atoms in total. The van der Waals surface area contributed by atoms with Gasteiger partial charge >= 0.3 is 0 Å².